The van der Waals surface area contributed by atoms with E-state index in [0.29, 0.717) is 12.7 Å². The SMILES string of the molecule is CC(C)c1cc2c(cc1C1(N)CC1)OCO2. The molecule has 0 atom stereocenters. The van der Waals surface area contributed by atoms with Gasteiger partial charge in [0.15, 0.2) is 11.5 Å². The minimum Gasteiger partial charge on any atom is -0.454 e. The van der Waals surface area contributed by atoms with Crippen LogP contribution in [-0.2, 0) is 5.54 Å². The maximum absolute atomic E-state index is 6.30. The highest BCUT2D eigenvalue weighted by Gasteiger charge is 2.42. The van der Waals surface area contributed by atoms with Crippen LogP contribution < -0.4 is 15.2 Å². The molecule has 0 aromatic heterocycles. The van der Waals surface area contributed by atoms with Crippen LogP contribution in [-0.4, -0.2) is 6.79 Å². The zero-order valence-corrected chi connectivity index (χ0v) is 9.75. The molecule has 1 aliphatic carbocycles. The number of benzene rings is 1. The first-order valence-electron chi connectivity index (χ1n) is 5.83. The first kappa shape index (κ1) is 9.97. The summed E-state index contributed by atoms with van der Waals surface area (Å²) in [7, 11) is 0. The fourth-order valence-electron chi connectivity index (χ4n) is 2.27. The summed E-state index contributed by atoms with van der Waals surface area (Å²) in [4.78, 5) is 0. The average molecular weight is 219 g/mol. The number of rotatable bonds is 2. The summed E-state index contributed by atoms with van der Waals surface area (Å²) in [5.74, 6) is 2.17. The van der Waals surface area contributed by atoms with Gasteiger partial charge in [-0.1, -0.05) is 13.8 Å². The predicted molar refractivity (Wildman–Crippen MR) is 61.8 cm³/mol. The molecule has 1 aromatic carbocycles. The Labute approximate surface area is 95.5 Å². The smallest absolute Gasteiger partial charge is 0.231 e. The lowest BCUT2D eigenvalue weighted by Crippen LogP contribution is -2.21. The first-order chi connectivity index (χ1) is 7.60. The second-order valence-electron chi connectivity index (χ2n) is 5.10. The molecule has 1 saturated carbocycles. The maximum atomic E-state index is 6.30. The Morgan fingerprint density at radius 2 is 1.81 bits per heavy atom. The van der Waals surface area contributed by atoms with Crippen molar-refractivity contribution in [3.63, 3.8) is 0 Å². The third-order valence-electron chi connectivity index (χ3n) is 3.49. The van der Waals surface area contributed by atoms with Gasteiger partial charge < -0.3 is 15.2 Å². The summed E-state index contributed by atoms with van der Waals surface area (Å²) in [6.45, 7) is 4.70. The van der Waals surface area contributed by atoms with Crippen molar-refractivity contribution in [2.45, 2.75) is 38.1 Å². The van der Waals surface area contributed by atoms with Crippen molar-refractivity contribution >= 4 is 0 Å². The molecule has 86 valence electrons. The van der Waals surface area contributed by atoms with E-state index in [1.165, 1.54) is 11.1 Å². The van der Waals surface area contributed by atoms with Crippen molar-refractivity contribution < 1.29 is 9.47 Å². The maximum Gasteiger partial charge on any atom is 0.231 e. The normalized spacial score (nSPS) is 20.2. The van der Waals surface area contributed by atoms with Gasteiger partial charge in [0.2, 0.25) is 6.79 Å². The van der Waals surface area contributed by atoms with Crippen molar-refractivity contribution in [2.24, 2.45) is 5.73 Å². The van der Waals surface area contributed by atoms with E-state index >= 15 is 0 Å². The standard InChI is InChI=1S/C13H17NO2/c1-8(2)9-5-11-12(16-7-15-11)6-10(9)13(14)3-4-13/h5-6,8H,3-4,7,14H2,1-2H3. The molecule has 2 aliphatic rings. The predicted octanol–water partition coefficient (Wildman–Crippen LogP) is 2.49. The average Bonchev–Trinajstić information content (AvgIpc) is 2.84. The summed E-state index contributed by atoms with van der Waals surface area (Å²) in [5, 5.41) is 0. The highest BCUT2D eigenvalue weighted by atomic mass is 16.7. The van der Waals surface area contributed by atoms with Crippen LogP contribution in [0.25, 0.3) is 0 Å². The molecule has 0 radical (unpaired) electrons. The molecule has 0 unspecified atom stereocenters. The van der Waals surface area contributed by atoms with Crippen molar-refractivity contribution in [3.05, 3.63) is 23.3 Å². The van der Waals surface area contributed by atoms with E-state index in [1.807, 2.05) is 0 Å². The highest BCUT2D eigenvalue weighted by molar-refractivity contribution is 5.53. The largest absolute Gasteiger partial charge is 0.454 e. The van der Waals surface area contributed by atoms with E-state index in [9.17, 15) is 0 Å². The van der Waals surface area contributed by atoms with Gasteiger partial charge in [0.1, 0.15) is 0 Å². The molecule has 1 aromatic rings. The van der Waals surface area contributed by atoms with Crippen LogP contribution in [0.2, 0.25) is 0 Å². The Morgan fingerprint density at radius 1 is 1.19 bits per heavy atom. The Hall–Kier alpha value is -1.22. The van der Waals surface area contributed by atoms with Gasteiger partial charge in [0, 0.05) is 5.54 Å². The van der Waals surface area contributed by atoms with Crippen LogP contribution in [0.3, 0.4) is 0 Å². The lowest BCUT2D eigenvalue weighted by atomic mass is 9.91. The molecule has 16 heavy (non-hydrogen) atoms. The highest BCUT2D eigenvalue weighted by Crippen LogP contribution is 2.49. The van der Waals surface area contributed by atoms with Gasteiger partial charge in [-0.15, -0.1) is 0 Å². The number of hydrogen-bond donors (Lipinski definition) is 1. The van der Waals surface area contributed by atoms with Crippen LogP contribution in [0.4, 0.5) is 0 Å². The fourth-order valence-corrected chi connectivity index (χ4v) is 2.27. The zero-order chi connectivity index (χ0) is 11.3. The van der Waals surface area contributed by atoms with Crippen LogP contribution in [0, 0.1) is 0 Å². The fraction of sp³-hybridized carbons (Fsp3) is 0.538. The van der Waals surface area contributed by atoms with E-state index < -0.39 is 0 Å². The van der Waals surface area contributed by atoms with Crippen LogP contribution in [0.1, 0.15) is 43.7 Å². The summed E-state index contributed by atoms with van der Waals surface area (Å²) in [6.07, 6.45) is 2.15. The van der Waals surface area contributed by atoms with E-state index in [2.05, 4.69) is 26.0 Å². The molecule has 3 heteroatoms. The van der Waals surface area contributed by atoms with Gasteiger partial charge in [0.25, 0.3) is 0 Å². The summed E-state index contributed by atoms with van der Waals surface area (Å²) in [5.41, 5.74) is 8.73. The molecular weight excluding hydrogens is 202 g/mol. The minimum atomic E-state index is -0.111. The third-order valence-corrected chi connectivity index (χ3v) is 3.49. The number of fused-ring (bicyclic) bond motifs is 1. The molecule has 0 amide bonds. The second kappa shape index (κ2) is 3.14. The van der Waals surface area contributed by atoms with Crippen LogP contribution in [0.5, 0.6) is 11.5 Å². The lowest BCUT2D eigenvalue weighted by Gasteiger charge is -2.18. The van der Waals surface area contributed by atoms with Crippen LogP contribution >= 0.6 is 0 Å². The van der Waals surface area contributed by atoms with Gasteiger partial charge in [-0.25, -0.2) is 0 Å². The molecule has 1 fully saturated rings. The second-order valence-corrected chi connectivity index (χ2v) is 5.10. The van der Waals surface area contributed by atoms with Gasteiger partial charge >= 0.3 is 0 Å². The molecule has 1 aliphatic heterocycles. The van der Waals surface area contributed by atoms with Crippen molar-refractivity contribution in [2.75, 3.05) is 6.79 Å². The van der Waals surface area contributed by atoms with Gasteiger partial charge in [-0.3, -0.25) is 0 Å². The Bertz CT molecular complexity index is 436. The summed E-state index contributed by atoms with van der Waals surface area (Å²) in [6, 6.07) is 4.17. The van der Waals surface area contributed by atoms with E-state index in [-0.39, 0.29) is 5.54 Å². The number of nitrogens with two attached hydrogens (primary N) is 1. The molecule has 0 spiro atoms. The summed E-state index contributed by atoms with van der Waals surface area (Å²) < 4.78 is 10.8. The van der Waals surface area contributed by atoms with Gasteiger partial charge in [-0.05, 0) is 42.0 Å². The Balaban J connectivity index is 2.14. The quantitative estimate of drug-likeness (QED) is 0.831. The molecule has 0 bridgehead atoms. The third kappa shape index (κ3) is 1.39. The van der Waals surface area contributed by atoms with E-state index in [0.717, 1.165) is 24.3 Å². The van der Waals surface area contributed by atoms with Gasteiger partial charge in [0.05, 0.1) is 0 Å². The molecule has 3 nitrogen and oxygen atoms in total. The molecule has 1 heterocycles. The minimum absolute atomic E-state index is 0.111. The molecule has 3 rings (SSSR count). The number of ether oxygens (including phenoxy) is 2. The zero-order valence-electron chi connectivity index (χ0n) is 9.75. The Morgan fingerprint density at radius 3 is 2.38 bits per heavy atom. The van der Waals surface area contributed by atoms with E-state index in [4.69, 9.17) is 15.2 Å². The van der Waals surface area contributed by atoms with E-state index in [1.54, 1.807) is 0 Å². The van der Waals surface area contributed by atoms with Crippen molar-refractivity contribution in [3.8, 4) is 11.5 Å². The molecular formula is C13H17NO2. The topological polar surface area (TPSA) is 44.5 Å². The lowest BCUT2D eigenvalue weighted by molar-refractivity contribution is 0.174. The van der Waals surface area contributed by atoms with Crippen molar-refractivity contribution in [1.29, 1.82) is 0 Å². The Kier molecular flexibility index (Phi) is 1.96. The monoisotopic (exact) mass is 219 g/mol. The number of hydrogen-bond acceptors (Lipinski definition) is 3. The summed E-state index contributed by atoms with van der Waals surface area (Å²) >= 11 is 0. The first-order valence-corrected chi connectivity index (χ1v) is 5.83. The molecule has 0 saturated heterocycles. The molecule has 2 N–H and O–H groups in total. The van der Waals surface area contributed by atoms with Crippen molar-refractivity contribution in [1.82, 2.24) is 0 Å². The van der Waals surface area contributed by atoms with Gasteiger partial charge in [-0.2, -0.15) is 0 Å². The van der Waals surface area contributed by atoms with Crippen LogP contribution in [0.15, 0.2) is 12.1 Å².